The summed E-state index contributed by atoms with van der Waals surface area (Å²) in [6.07, 6.45) is 0.625. The molecule has 1 heterocycles. The van der Waals surface area contributed by atoms with Gasteiger partial charge in [0.25, 0.3) is 11.8 Å². The fourth-order valence-corrected chi connectivity index (χ4v) is 5.01. The fraction of sp³-hybridized carbons (Fsp3) is 0.791. The normalized spacial score (nSPS) is 13.9. The Morgan fingerprint density at radius 2 is 1.13 bits per heavy atom. The van der Waals surface area contributed by atoms with E-state index < -0.39 is 36.1 Å². The molecule has 0 saturated heterocycles. The molecule has 0 aromatic carbocycles. The second kappa shape index (κ2) is 45.2. The number of rotatable bonds is 35. The molecule has 0 spiro atoms. The number of ketones is 1. The van der Waals surface area contributed by atoms with E-state index in [1.807, 2.05) is 0 Å². The molecule has 0 aliphatic carbocycles. The highest BCUT2D eigenvalue weighted by Gasteiger charge is 2.23. The van der Waals surface area contributed by atoms with Crippen LogP contribution < -0.4 is 10.6 Å². The number of Topliss-reactive ketones (excluding diaryl/α,β-unsaturated/α-hetero) is 1. The Labute approximate surface area is 398 Å². The molecule has 1 aliphatic heterocycles. The number of carbonyl (C=O) groups is 7. The van der Waals surface area contributed by atoms with Crippen LogP contribution in [0.25, 0.3) is 0 Å². The number of aliphatic carboxylic acids is 1. The molecule has 0 bridgehead atoms. The van der Waals surface area contributed by atoms with E-state index in [1.165, 1.54) is 40.4 Å². The number of hydrogen-bond acceptors (Lipinski definition) is 20. The number of hydrogen-bond donors (Lipinski definition) is 9. The Morgan fingerprint density at radius 3 is 1.60 bits per heavy atom. The maximum absolute atomic E-state index is 12.2. The van der Waals surface area contributed by atoms with Crippen LogP contribution in [0, 0.1) is 0 Å². The zero-order chi connectivity index (χ0) is 52.3. The molecule has 9 N–H and O–H groups in total. The van der Waals surface area contributed by atoms with E-state index in [2.05, 4.69) is 10.6 Å². The molecule has 0 radical (unpaired) electrons. The van der Waals surface area contributed by atoms with Crippen molar-refractivity contribution in [2.75, 3.05) is 120 Å². The summed E-state index contributed by atoms with van der Waals surface area (Å²) in [6, 6.07) is 0. The summed E-state index contributed by atoms with van der Waals surface area (Å²) in [7, 11) is 4.57. The quantitative estimate of drug-likeness (QED) is 0.0240. The van der Waals surface area contributed by atoms with Crippen LogP contribution in [0.15, 0.2) is 12.2 Å². The molecule has 0 aromatic rings. The van der Waals surface area contributed by atoms with Crippen molar-refractivity contribution in [1.82, 2.24) is 20.4 Å². The number of ether oxygens (including phenoxy) is 7. The van der Waals surface area contributed by atoms with Crippen molar-refractivity contribution >= 4 is 41.5 Å². The Balaban J connectivity index is -0.000000909. The second-order valence-electron chi connectivity index (χ2n) is 14.9. The number of alkyl carbamates (subject to hydrolysis) is 1. The lowest BCUT2D eigenvalue weighted by molar-refractivity contribution is -0.139. The predicted molar refractivity (Wildman–Crippen MR) is 242 cm³/mol. The molecule has 0 saturated carbocycles. The number of nitrogens with one attached hydrogen (secondary N) is 2. The number of carboxylic acid groups (broad SMARTS) is 1. The second-order valence-corrected chi connectivity index (χ2v) is 14.9. The van der Waals surface area contributed by atoms with Crippen molar-refractivity contribution in [2.45, 2.75) is 103 Å². The molecular weight excluding hydrogens is 908 g/mol. The molecule has 68 heavy (non-hydrogen) atoms. The minimum Gasteiger partial charge on any atom is -0.481 e. The third-order valence-corrected chi connectivity index (χ3v) is 8.60. The molecule has 25 nitrogen and oxygen atoms in total. The number of aliphatic hydroxyl groups is 6. The van der Waals surface area contributed by atoms with Gasteiger partial charge in [-0.15, -0.1) is 0 Å². The van der Waals surface area contributed by atoms with Gasteiger partial charge < -0.3 is 84.4 Å². The summed E-state index contributed by atoms with van der Waals surface area (Å²) in [5.74, 6) is -2.22. The van der Waals surface area contributed by atoms with Crippen molar-refractivity contribution in [3.8, 4) is 0 Å². The molecule has 5 unspecified atom stereocenters. The predicted octanol–water partition coefficient (Wildman–Crippen LogP) is -2.23. The zero-order valence-electron chi connectivity index (χ0n) is 40.7. The van der Waals surface area contributed by atoms with Gasteiger partial charge in [-0.25, -0.2) is 4.79 Å². The van der Waals surface area contributed by atoms with Crippen LogP contribution in [0.5, 0.6) is 0 Å². The number of imide groups is 1. The van der Waals surface area contributed by atoms with Gasteiger partial charge in [-0.05, 0) is 40.5 Å². The molecular formula is C43H80N4O21. The third-order valence-electron chi connectivity index (χ3n) is 8.60. The van der Waals surface area contributed by atoms with Gasteiger partial charge in [-0.1, -0.05) is 0 Å². The maximum atomic E-state index is 12.2. The average Bonchev–Trinajstić information content (AvgIpc) is 3.64. The molecule has 1 aliphatic rings. The van der Waals surface area contributed by atoms with Gasteiger partial charge in [0, 0.05) is 91.9 Å². The summed E-state index contributed by atoms with van der Waals surface area (Å²) in [4.78, 5) is 81.9. The first kappa shape index (κ1) is 68.0. The summed E-state index contributed by atoms with van der Waals surface area (Å²) >= 11 is 0. The topological polar surface area (TPSA) is 356 Å². The van der Waals surface area contributed by atoms with Gasteiger partial charge >= 0.3 is 12.1 Å². The number of methoxy groups -OCH3 is 3. The average molecular weight is 989 g/mol. The van der Waals surface area contributed by atoms with E-state index in [-0.39, 0.29) is 140 Å². The number of amides is 5. The third kappa shape index (κ3) is 39.7. The highest BCUT2D eigenvalue weighted by Crippen LogP contribution is 2.06. The van der Waals surface area contributed by atoms with Gasteiger partial charge in [-0.3, -0.25) is 33.7 Å². The van der Waals surface area contributed by atoms with Crippen LogP contribution in [0.3, 0.4) is 0 Å². The van der Waals surface area contributed by atoms with Gasteiger partial charge in [0.1, 0.15) is 30.7 Å². The first-order chi connectivity index (χ1) is 32.3. The minimum atomic E-state index is -0.938. The Hall–Kier alpha value is -4.25. The Morgan fingerprint density at radius 1 is 0.618 bits per heavy atom. The number of nitrogens with zero attached hydrogens (tertiary/aromatic N) is 2. The van der Waals surface area contributed by atoms with Crippen molar-refractivity contribution in [1.29, 1.82) is 0 Å². The molecule has 25 heteroatoms. The molecule has 398 valence electrons. The van der Waals surface area contributed by atoms with Crippen LogP contribution in [-0.2, 0) is 61.9 Å². The number of aliphatic hydroxyl groups excluding tert-OH is 6. The van der Waals surface area contributed by atoms with Crippen LogP contribution in [0.4, 0.5) is 4.79 Å². The molecule has 5 amide bonds. The first-order valence-electron chi connectivity index (χ1n) is 22.1. The van der Waals surface area contributed by atoms with Crippen molar-refractivity contribution in [2.24, 2.45) is 0 Å². The largest absolute Gasteiger partial charge is 0.481 e. The van der Waals surface area contributed by atoms with Gasteiger partial charge in [0.05, 0.1) is 77.8 Å². The lowest BCUT2D eigenvalue weighted by Crippen LogP contribution is -2.37. The van der Waals surface area contributed by atoms with Crippen LogP contribution in [-0.4, -0.2) is 244 Å². The Kier molecular flexibility index (Phi) is 45.2. The van der Waals surface area contributed by atoms with E-state index in [1.54, 1.807) is 25.7 Å². The van der Waals surface area contributed by atoms with Crippen molar-refractivity contribution < 1.29 is 102 Å². The molecule has 0 fully saturated rings. The maximum Gasteiger partial charge on any atom is 0.407 e. The smallest absolute Gasteiger partial charge is 0.407 e. The van der Waals surface area contributed by atoms with Crippen LogP contribution in [0.2, 0.25) is 0 Å². The van der Waals surface area contributed by atoms with E-state index in [0.717, 1.165) is 4.90 Å². The van der Waals surface area contributed by atoms with E-state index in [9.17, 15) is 33.6 Å². The SMILES string of the molecule is CC(CO)OC(CO)CO.COCC(CO)OC(C)CO.COCC(COC(=O)NCCC(C)=O)OC(C)CO.COCCN(CCCNC(=O)CCN1C(=O)C=CC1=O)C(=O)CCCC(=O)O. The summed E-state index contributed by atoms with van der Waals surface area (Å²) in [5.41, 5.74) is 0. The Bertz CT molecular complexity index is 1370. The molecule has 0 aromatic heterocycles. The zero-order valence-corrected chi connectivity index (χ0v) is 40.7. The van der Waals surface area contributed by atoms with E-state index in [4.69, 9.17) is 68.9 Å². The van der Waals surface area contributed by atoms with Gasteiger partial charge in [-0.2, -0.15) is 0 Å². The van der Waals surface area contributed by atoms with Gasteiger partial charge in [0.15, 0.2) is 0 Å². The minimum absolute atomic E-state index is 0.00216. The standard InChI is InChI=1S/C18H27N3O7.C12H23NO6.C7H16O4.C6H14O4/c1-28-13-12-20(15(23)4-2-5-18(26)27)10-3-9-19-14(22)8-11-21-16(24)6-7-17(21)25;1-9(15)4-5-13-12(16)18-8-11(7-17-3)19-10(2)6-14;1-6(3-8)11-7(4-9)5-10-2;1-5(2-7)10-6(3-8)4-9/h6-7H,2-5,8-13H2,1H3,(H,19,22)(H,26,27);10-11,14H,4-8H2,1-3H3,(H,13,16);6-9H,3-5H2,1-2H3;5-9H,2-4H2,1H3. The molecule has 5 atom stereocenters. The molecule has 1 rings (SSSR count). The van der Waals surface area contributed by atoms with Crippen LogP contribution >= 0.6 is 0 Å². The summed E-state index contributed by atoms with van der Waals surface area (Å²) in [5, 5.41) is 65.5. The van der Waals surface area contributed by atoms with E-state index >= 15 is 0 Å². The van der Waals surface area contributed by atoms with Gasteiger partial charge in [0.2, 0.25) is 11.8 Å². The van der Waals surface area contributed by atoms with E-state index in [0.29, 0.717) is 39.3 Å². The lowest BCUT2D eigenvalue weighted by Gasteiger charge is -2.22. The summed E-state index contributed by atoms with van der Waals surface area (Å²) < 4.78 is 35.1. The van der Waals surface area contributed by atoms with Crippen molar-refractivity contribution in [3.05, 3.63) is 12.2 Å². The first-order valence-corrected chi connectivity index (χ1v) is 22.1. The highest BCUT2D eigenvalue weighted by atomic mass is 16.6. The highest BCUT2D eigenvalue weighted by molar-refractivity contribution is 6.13. The number of carbonyl (C=O) groups excluding carboxylic acids is 6. The fourth-order valence-electron chi connectivity index (χ4n) is 5.01. The number of carboxylic acids is 1. The lowest BCUT2D eigenvalue weighted by atomic mass is 10.2. The van der Waals surface area contributed by atoms with Crippen LogP contribution in [0.1, 0.15) is 66.2 Å². The monoisotopic (exact) mass is 989 g/mol. The summed E-state index contributed by atoms with van der Waals surface area (Å²) in [6.45, 7) is 8.16. The van der Waals surface area contributed by atoms with Crippen molar-refractivity contribution in [3.63, 3.8) is 0 Å².